The zero-order valence-electron chi connectivity index (χ0n) is 7.28. The van der Waals surface area contributed by atoms with Crippen LogP contribution in [0.4, 0.5) is 0 Å². The van der Waals surface area contributed by atoms with Gasteiger partial charge in [-0.15, -0.1) is 0 Å². The Hall–Kier alpha value is 1.18. The molecule has 0 unspecified atom stereocenters. The molecule has 2 nitrogen and oxygen atoms in total. The summed E-state index contributed by atoms with van der Waals surface area (Å²) in [5, 5.41) is 6.40. The van der Waals surface area contributed by atoms with E-state index in [4.69, 9.17) is 24.4 Å². The van der Waals surface area contributed by atoms with E-state index in [1.165, 1.54) is 0 Å². The second-order valence-electron chi connectivity index (χ2n) is 2.44. The maximum atomic E-state index is 5.12. The minimum absolute atomic E-state index is 0.863. The first-order valence-electron chi connectivity index (χ1n) is 4.02. The van der Waals surface area contributed by atoms with Crippen molar-refractivity contribution in [1.82, 2.24) is 10.6 Å². The molecule has 0 atom stereocenters. The van der Waals surface area contributed by atoms with Crippen LogP contribution in [0, 0.1) is 0 Å². The highest BCUT2D eigenvalue weighted by molar-refractivity contribution is 9.29. The van der Waals surface area contributed by atoms with Gasteiger partial charge in [0, 0.05) is 13.1 Å². The van der Waals surface area contributed by atoms with Crippen LogP contribution in [0.2, 0.25) is 0 Å². The van der Waals surface area contributed by atoms with Crippen molar-refractivity contribution in [3.05, 3.63) is 0 Å². The van der Waals surface area contributed by atoms with Gasteiger partial charge in [0.1, 0.15) is 8.64 Å². The lowest BCUT2D eigenvalue weighted by molar-refractivity contribution is 0.699. The number of rotatable bonds is 0. The lowest BCUT2D eigenvalue weighted by Gasteiger charge is -2.10. The molecule has 2 N–H and O–H groups in total. The van der Waals surface area contributed by atoms with E-state index in [1.807, 2.05) is 0 Å². The summed E-state index contributed by atoms with van der Waals surface area (Å²) in [5.74, 6) is 0. The SMILES string of the molecule is S=C1NCCCCNC(=S)SSSS1. The van der Waals surface area contributed by atoms with Gasteiger partial charge in [-0.1, -0.05) is 24.4 Å². The largest absolute Gasteiger partial charge is 0.370 e. The Labute approximate surface area is 110 Å². The molecular formula is C6H10N2S6. The fourth-order valence-electron chi connectivity index (χ4n) is 0.779. The van der Waals surface area contributed by atoms with E-state index >= 15 is 0 Å². The molecule has 0 aromatic rings. The smallest absolute Gasteiger partial charge is 0.145 e. The van der Waals surface area contributed by atoms with Crippen molar-refractivity contribution < 1.29 is 0 Å². The topological polar surface area (TPSA) is 24.1 Å². The maximum absolute atomic E-state index is 5.12. The third kappa shape index (κ3) is 6.62. The van der Waals surface area contributed by atoms with Gasteiger partial charge in [-0.05, 0) is 54.1 Å². The molecule has 8 heteroatoms. The van der Waals surface area contributed by atoms with Crippen LogP contribution in [0.15, 0.2) is 0 Å². The Morgan fingerprint density at radius 2 is 1.29 bits per heavy atom. The summed E-state index contributed by atoms with van der Waals surface area (Å²) in [4.78, 5) is 0. The zero-order valence-corrected chi connectivity index (χ0v) is 12.2. The lowest BCUT2D eigenvalue weighted by atomic mass is 10.3. The Morgan fingerprint density at radius 3 is 1.71 bits per heavy atom. The molecule has 0 amide bonds. The van der Waals surface area contributed by atoms with Crippen molar-refractivity contribution in [3.8, 4) is 0 Å². The molecule has 0 aromatic heterocycles. The molecule has 1 aliphatic rings. The van der Waals surface area contributed by atoms with Gasteiger partial charge in [0.2, 0.25) is 0 Å². The first-order chi connectivity index (χ1) is 6.79. The third-order valence-corrected chi connectivity index (χ3v) is 8.39. The number of hydrogen-bond acceptors (Lipinski definition) is 6. The predicted molar refractivity (Wildman–Crippen MR) is 80.8 cm³/mol. The number of thiocarbonyl (C=S) groups is 2. The molecule has 0 saturated carbocycles. The van der Waals surface area contributed by atoms with Crippen LogP contribution < -0.4 is 10.6 Å². The van der Waals surface area contributed by atoms with Gasteiger partial charge < -0.3 is 10.6 Å². The van der Waals surface area contributed by atoms with Crippen LogP contribution >= 0.6 is 65.7 Å². The zero-order chi connectivity index (χ0) is 10.2. The van der Waals surface area contributed by atoms with Crippen molar-refractivity contribution in [2.45, 2.75) is 12.8 Å². The molecular weight excluding hydrogens is 292 g/mol. The Kier molecular flexibility index (Phi) is 7.90. The van der Waals surface area contributed by atoms with E-state index in [0.717, 1.165) is 34.6 Å². The van der Waals surface area contributed by atoms with Crippen LogP contribution in [0.3, 0.4) is 0 Å². The van der Waals surface area contributed by atoms with Gasteiger partial charge in [-0.25, -0.2) is 0 Å². The summed E-state index contributed by atoms with van der Waals surface area (Å²) in [7, 11) is 6.46. The van der Waals surface area contributed by atoms with E-state index in [2.05, 4.69) is 10.6 Å². The van der Waals surface area contributed by atoms with Crippen molar-refractivity contribution in [2.24, 2.45) is 0 Å². The maximum Gasteiger partial charge on any atom is 0.145 e. The normalized spacial score (nSPS) is 21.4. The van der Waals surface area contributed by atoms with Crippen molar-refractivity contribution in [2.75, 3.05) is 13.1 Å². The monoisotopic (exact) mass is 302 g/mol. The fraction of sp³-hybridized carbons (Fsp3) is 0.667. The highest BCUT2D eigenvalue weighted by Gasteiger charge is 2.03. The van der Waals surface area contributed by atoms with Gasteiger partial charge in [0.05, 0.1) is 0 Å². The summed E-state index contributed by atoms with van der Waals surface area (Å²) < 4.78 is 1.73. The standard InChI is InChI=1S/C6H10N2S6/c9-5-7-3-1-2-4-8-6(10)12-14-13-11-5/h1-4H2,(H,7,9)(H,8,10). The van der Waals surface area contributed by atoms with Crippen molar-refractivity contribution >= 4 is 74.3 Å². The van der Waals surface area contributed by atoms with E-state index in [9.17, 15) is 0 Å². The molecule has 0 radical (unpaired) electrons. The molecule has 0 spiro atoms. The van der Waals surface area contributed by atoms with Crippen LogP contribution in [-0.2, 0) is 0 Å². The van der Waals surface area contributed by atoms with Crippen LogP contribution in [0.25, 0.3) is 0 Å². The van der Waals surface area contributed by atoms with Gasteiger partial charge in [-0.3, -0.25) is 0 Å². The molecule has 14 heavy (non-hydrogen) atoms. The summed E-state index contributed by atoms with van der Waals surface area (Å²) >= 11 is 10.2. The van der Waals surface area contributed by atoms with Gasteiger partial charge in [0.25, 0.3) is 0 Å². The predicted octanol–water partition coefficient (Wildman–Crippen LogP) is 3.21. The van der Waals surface area contributed by atoms with Gasteiger partial charge in [-0.2, -0.15) is 0 Å². The first kappa shape index (κ1) is 13.2. The number of nitrogens with one attached hydrogen (secondary N) is 2. The molecule has 0 aromatic carbocycles. The highest BCUT2D eigenvalue weighted by Crippen LogP contribution is 2.43. The van der Waals surface area contributed by atoms with Crippen LogP contribution in [-0.4, -0.2) is 21.7 Å². The summed E-state index contributed by atoms with van der Waals surface area (Å²) in [6.45, 7) is 1.91. The number of hydrogen-bond donors (Lipinski definition) is 2. The van der Waals surface area contributed by atoms with E-state index in [-0.39, 0.29) is 0 Å². The minimum atomic E-state index is 0.863. The molecule has 1 heterocycles. The Morgan fingerprint density at radius 1 is 0.857 bits per heavy atom. The molecule has 0 bridgehead atoms. The molecule has 1 aliphatic heterocycles. The van der Waals surface area contributed by atoms with Crippen LogP contribution in [0.5, 0.6) is 0 Å². The van der Waals surface area contributed by atoms with Gasteiger partial charge in [0.15, 0.2) is 0 Å². The summed E-state index contributed by atoms with van der Waals surface area (Å²) in [5.41, 5.74) is 0. The third-order valence-electron chi connectivity index (χ3n) is 1.39. The van der Waals surface area contributed by atoms with Gasteiger partial charge >= 0.3 is 0 Å². The Bertz CT molecular complexity index is 186. The lowest BCUT2D eigenvalue weighted by Crippen LogP contribution is -2.23. The first-order valence-corrected chi connectivity index (χ1v) is 9.66. The van der Waals surface area contributed by atoms with E-state index in [1.54, 1.807) is 41.2 Å². The molecule has 0 aliphatic carbocycles. The second-order valence-corrected chi connectivity index (χ2v) is 9.46. The summed E-state index contributed by atoms with van der Waals surface area (Å²) in [6.07, 6.45) is 2.25. The van der Waals surface area contributed by atoms with Crippen molar-refractivity contribution in [1.29, 1.82) is 0 Å². The van der Waals surface area contributed by atoms with Crippen molar-refractivity contribution in [3.63, 3.8) is 0 Å². The second kappa shape index (κ2) is 8.35. The molecule has 1 saturated heterocycles. The minimum Gasteiger partial charge on any atom is -0.370 e. The molecule has 80 valence electrons. The fourth-order valence-corrected chi connectivity index (χ4v) is 6.99. The average Bonchev–Trinajstić information content (AvgIpc) is 2.16. The van der Waals surface area contributed by atoms with E-state index < -0.39 is 0 Å². The highest BCUT2D eigenvalue weighted by atomic mass is 33.7. The average molecular weight is 303 g/mol. The Balaban J connectivity index is 2.27. The van der Waals surface area contributed by atoms with Crippen LogP contribution in [0.1, 0.15) is 12.8 Å². The summed E-state index contributed by atoms with van der Waals surface area (Å²) in [6, 6.07) is 0. The quantitative estimate of drug-likeness (QED) is 0.520. The molecule has 1 rings (SSSR count). The molecule has 1 fully saturated rings. The van der Waals surface area contributed by atoms with E-state index in [0.29, 0.717) is 0 Å².